The zero-order valence-corrected chi connectivity index (χ0v) is 23.7. The molecule has 6 nitrogen and oxygen atoms in total. The van der Waals surface area contributed by atoms with Crippen LogP contribution in [0.15, 0.2) is 112 Å². The predicted octanol–water partition coefficient (Wildman–Crippen LogP) is 7.56. The van der Waals surface area contributed by atoms with Gasteiger partial charge in [0.05, 0.1) is 30.7 Å². The molecule has 0 saturated carbocycles. The molecule has 0 radical (unpaired) electrons. The molecule has 1 atom stereocenters. The van der Waals surface area contributed by atoms with Crippen LogP contribution >= 0.6 is 0 Å². The van der Waals surface area contributed by atoms with Gasteiger partial charge in [0.15, 0.2) is 11.5 Å². The van der Waals surface area contributed by atoms with Crippen LogP contribution in [0.3, 0.4) is 0 Å². The molecular formula is C33H31NO5S. The number of hydrogen-bond acceptors (Lipinski definition) is 5. The fraction of sp³-hybridized carbons (Fsp3) is 0.152. The van der Waals surface area contributed by atoms with Crippen LogP contribution in [0.1, 0.15) is 34.1 Å². The van der Waals surface area contributed by atoms with E-state index in [-0.39, 0.29) is 4.90 Å². The molecule has 0 amide bonds. The van der Waals surface area contributed by atoms with Crippen molar-refractivity contribution in [3.8, 4) is 22.6 Å². The first-order chi connectivity index (χ1) is 19.3. The molecule has 0 fully saturated rings. The van der Waals surface area contributed by atoms with Crippen molar-refractivity contribution in [2.75, 3.05) is 18.9 Å². The van der Waals surface area contributed by atoms with E-state index in [1.54, 1.807) is 43.5 Å². The second kappa shape index (κ2) is 11.3. The molecule has 0 saturated heterocycles. The molecule has 0 unspecified atom stereocenters. The monoisotopic (exact) mass is 553 g/mol. The van der Waals surface area contributed by atoms with E-state index in [0.717, 1.165) is 28.0 Å². The van der Waals surface area contributed by atoms with Gasteiger partial charge in [-0.1, -0.05) is 72.3 Å². The Bertz CT molecular complexity index is 1710. The molecule has 0 spiro atoms. The minimum absolute atomic E-state index is 0.163. The van der Waals surface area contributed by atoms with Gasteiger partial charge in [-0.25, -0.2) is 8.42 Å². The van der Waals surface area contributed by atoms with E-state index < -0.39 is 15.9 Å². The summed E-state index contributed by atoms with van der Waals surface area (Å²) in [5.41, 5.74) is 5.11. The first-order valence-corrected chi connectivity index (χ1v) is 14.3. The van der Waals surface area contributed by atoms with Crippen molar-refractivity contribution in [3.63, 3.8) is 0 Å². The van der Waals surface area contributed by atoms with E-state index >= 15 is 0 Å². The van der Waals surface area contributed by atoms with Crippen LogP contribution in [0.5, 0.6) is 11.5 Å². The average molecular weight is 554 g/mol. The number of anilines is 1. The lowest BCUT2D eigenvalue weighted by Crippen LogP contribution is -2.16. The van der Waals surface area contributed by atoms with Crippen LogP contribution in [-0.2, 0) is 10.0 Å². The fourth-order valence-electron chi connectivity index (χ4n) is 4.75. The summed E-state index contributed by atoms with van der Waals surface area (Å²) in [6.45, 7) is 3.80. The molecule has 5 aromatic rings. The van der Waals surface area contributed by atoms with Gasteiger partial charge in [0, 0.05) is 6.07 Å². The van der Waals surface area contributed by atoms with E-state index in [4.69, 9.17) is 13.9 Å². The van der Waals surface area contributed by atoms with Gasteiger partial charge in [0.25, 0.3) is 10.0 Å². The Kier molecular flexibility index (Phi) is 7.67. The lowest BCUT2D eigenvalue weighted by molar-refractivity contribution is 0.354. The van der Waals surface area contributed by atoms with Crippen molar-refractivity contribution in [3.05, 3.63) is 131 Å². The molecular weight excluding hydrogens is 522 g/mol. The standard InChI is InChI=1S/C33H31NO5S/c1-22-10-17-27(18-11-22)40(35,36)34-29-21-32(38-4)31(37-3)20-28(29)33(30-19-12-23(2)39-30)26-15-13-25(14-16-26)24-8-6-5-7-9-24/h5-21,33-34H,1-4H3/t33-/m1/s1. The van der Waals surface area contributed by atoms with E-state index in [2.05, 4.69) is 29.0 Å². The highest BCUT2D eigenvalue weighted by molar-refractivity contribution is 7.92. The van der Waals surface area contributed by atoms with E-state index in [1.165, 1.54) is 7.11 Å². The van der Waals surface area contributed by atoms with Gasteiger partial charge >= 0.3 is 0 Å². The van der Waals surface area contributed by atoms with Gasteiger partial charge < -0.3 is 13.9 Å². The highest BCUT2D eigenvalue weighted by atomic mass is 32.2. The van der Waals surface area contributed by atoms with Crippen molar-refractivity contribution in [2.24, 2.45) is 0 Å². The van der Waals surface area contributed by atoms with Crippen molar-refractivity contribution >= 4 is 15.7 Å². The number of ether oxygens (including phenoxy) is 2. The quantitative estimate of drug-likeness (QED) is 0.204. The maximum atomic E-state index is 13.5. The number of benzene rings is 4. The summed E-state index contributed by atoms with van der Waals surface area (Å²) >= 11 is 0. The summed E-state index contributed by atoms with van der Waals surface area (Å²) in [6, 6.07) is 32.3. The van der Waals surface area contributed by atoms with Crippen LogP contribution in [0, 0.1) is 13.8 Å². The maximum Gasteiger partial charge on any atom is 0.261 e. The molecule has 5 rings (SSSR count). The van der Waals surface area contributed by atoms with Crippen LogP contribution in [0.4, 0.5) is 5.69 Å². The Morgan fingerprint density at radius 2 is 1.35 bits per heavy atom. The Morgan fingerprint density at radius 3 is 1.95 bits per heavy atom. The summed E-state index contributed by atoms with van der Waals surface area (Å²) < 4.78 is 47.1. The average Bonchev–Trinajstić information content (AvgIpc) is 3.40. The molecule has 204 valence electrons. The first kappa shape index (κ1) is 27.1. The highest BCUT2D eigenvalue weighted by Gasteiger charge is 2.27. The molecule has 1 aromatic heterocycles. The Morgan fingerprint density at radius 1 is 0.725 bits per heavy atom. The van der Waals surface area contributed by atoms with Gasteiger partial charge in [0.2, 0.25) is 0 Å². The molecule has 4 aromatic carbocycles. The molecule has 0 bridgehead atoms. The molecule has 1 heterocycles. The Hall–Kier alpha value is -4.49. The molecule has 0 aliphatic carbocycles. The van der Waals surface area contributed by atoms with Crippen molar-refractivity contribution in [2.45, 2.75) is 24.7 Å². The first-order valence-electron chi connectivity index (χ1n) is 12.9. The van der Waals surface area contributed by atoms with Gasteiger partial charge in [0.1, 0.15) is 11.5 Å². The van der Waals surface area contributed by atoms with Crippen molar-refractivity contribution in [1.29, 1.82) is 0 Å². The van der Waals surface area contributed by atoms with Crippen molar-refractivity contribution < 1.29 is 22.3 Å². The summed E-state index contributed by atoms with van der Waals surface area (Å²) in [5.74, 6) is 1.87. The van der Waals surface area contributed by atoms with Crippen LogP contribution in [0.25, 0.3) is 11.1 Å². The zero-order valence-electron chi connectivity index (χ0n) is 22.8. The molecule has 1 N–H and O–H groups in total. The topological polar surface area (TPSA) is 77.8 Å². The summed E-state index contributed by atoms with van der Waals surface area (Å²) in [4.78, 5) is 0.163. The zero-order chi connectivity index (χ0) is 28.3. The van der Waals surface area contributed by atoms with Gasteiger partial charge in [-0.3, -0.25) is 4.72 Å². The molecule has 7 heteroatoms. The maximum absolute atomic E-state index is 13.5. The highest BCUT2D eigenvalue weighted by Crippen LogP contribution is 2.43. The number of hydrogen-bond donors (Lipinski definition) is 1. The minimum atomic E-state index is -3.91. The van der Waals surface area contributed by atoms with E-state index in [0.29, 0.717) is 28.5 Å². The SMILES string of the molecule is COc1cc(NS(=O)(=O)c2ccc(C)cc2)c([C@@H](c2ccc(-c3ccccc3)cc2)c2ccc(C)o2)cc1OC. The molecule has 40 heavy (non-hydrogen) atoms. The molecule has 0 aliphatic rings. The Labute approximate surface area is 235 Å². The van der Waals surface area contributed by atoms with E-state index in [9.17, 15) is 8.42 Å². The smallest absolute Gasteiger partial charge is 0.261 e. The van der Waals surface area contributed by atoms with Gasteiger partial charge in [-0.15, -0.1) is 0 Å². The number of methoxy groups -OCH3 is 2. The third kappa shape index (κ3) is 5.60. The lowest BCUT2D eigenvalue weighted by Gasteiger charge is -2.23. The third-order valence-electron chi connectivity index (χ3n) is 6.84. The predicted molar refractivity (Wildman–Crippen MR) is 158 cm³/mol. The fourth-order valence-corrected chi connectivity index (χ4v) is 5.83. The summed E-state index contributed by atoms with van der Waals surface area (Å²) in [6.07, 6.45) is 0. The third-order valence-corrected chi connectivity index (χ3v) is 8.22. The molecule has 0 aliphatic heterocycles. The second-order valence-electron chi connectivity index (χ2n) is 9.58. The normalized spacial score (nSPS) is 12.1. The van der Waals surface area contributed by atoms with E-state index in [1.807, 2.05) is 56.3 Å². The van der Waals surface area contributed by atoms with Crippen LogP contribution in [-0.4, -0.2) is 22.6 Å². The van der Waals surface area contributed by atoms with Crippen LogP contribution < -0.4 is 14.2 Å². The Balaban J connectivity index is 1.67. The van der Waals surface area contributed by atoms with Crippen LogP contribution in [0.2, 0.25) is 0 Å². The van der Waals surface area contributed by atoms with Crippen molar-refractivity contribution in [1.82, 2.24) is 0 Å². The number of sulfonamides is 1. The summed E-state index contributed by atoms with van der Waals surface area (Å²) in [7, 11) is -0.836. The largest absolute Gasteiger partial charge is 0.493 e. The summed E-state index contributed by atoms with van der Waals surface area (Å²) in [5, 5.41) is 0. The minimum Gasteiger partial charge on any atom is -0.493 e. The van der Waals surface area contributed by atoms with Gasteiger partial charge in [-0.2, -0.15) is 0 Å². The van der Waals surface area contributed by atoms with Gasteiger partial charge in [-0.05, 0) is 66.4 Å². The second-order valence-corrected chi connectivity index (χ2v) is 11.3. The lowest BCUT2D eigenvalue weighted by atomic mass is 9.87. The number of aryl methyl sites for hydroxylation is 2. The number of nitrogens with one attached hydrogen (secondary N) is 1. The number of rotatable bonds is 9. The number of furan rings is 1.